The van der Waals surface area contributed by atoms with E-state index in [0.717, 1.165) is 18.5 Å². The summed E-state index contributed by atoms with van der Waals surface area (Å²) in [7, 11) is 0. The number of hydrogen-bond acceptors (Lipinski definition) is 3. The number of anilines is 1. The second kappa shape index (κ2) is 8.02. The van der Waals surface area contributed by atoms with E-state index in [4.69, 9.17) is 23.2 Å². The predicted octanol–water partition coefficient (Wildman–Crippen LogP) is 4.71. The molecule has 0 spiro atoms. The Morgan fingerprint density at radius 2 is 2.13 bits per heavy atom. The molecule has 6 heteroatoms. The Kier molecular flexibility index (Phi) is 6.31. The molecular weight excluding hydrogens is 333 g/mol. The van der Waals surface area contributed by atoms with Crippen LogP contribution in [-0.2, 0) is 4.79 Å². The van der Waals surface area contributed by atoms with E-state index in [0.29, 0.717) is 34.8 Å². The zero-order valence-corrected chi connectivity index (χ0v) is 15.3. The lowest BCUT2D eigenvalue weighted by molar-refractivity contribution is -0.119. The van der Waals surface area contributed by atoms with Crippen molar-refractivity contribution in [2.75, 3.05) is 11.6 Å². The van der Waals surface area contributed by atoms with Gasteiger partial charge in [0.25, 0.3) is 0 Å². The van der Waals surface area contributed by atoms with Crippen LogP contribution in [-0.4, -0.2) is 18.3 Å². The maximum atomic E-state index is 12.0. The van der Waals surface area contributed by atoms with Gasteiger partial charge in [0.2, 0.25) is 5.91 Å². The number of nitrogens with zero attached hydrogens (tertiary/aromatic N) is 2. The molecule has 2 rings (SSSR count). The molecule has 0 saturated carbocycles. The summed E-state index contributed by atoms with van der Waals surface area (Å²) < 4.78 is 0. The number of amides is 1. The largest absolute Gasteiger partial charge is 0.312 e. The van der Waals surface area contributed by atoms with E-state index >= 15 is 0 Å². The molecule has 0 aromatic heterocycles. The highest BCUT2D eigenvalue weighted by molar-refractivity contribution is 6.42. The van der Waals surface area contributed by atoms with E-state index in [1.54, 1.807) is 12.1 Å². The van der Waals surface area contributed by atoms with Crippen LogP contribution in [0.3, 0.4) is 0 Å². The summed E-state index contributed by atoms with van der Waals surface area (Å²) in [5.74, 6) is 1.53. The minimum atomic E-state index is 0.0345. The summed E-state index contributed by atoms with van der Waals surface area (Å²) in [6, 6.07) is 5.41. The second-order valence-corrected chi connectivity index (χ2v) is 7.22. The molecule has 0 unspecified atom stereocenters. The molecule has 0 fully saturated rings. The SMILES string of the molecule is CC(C)CCCC(=O)NC1=NN(c2ccc(Cl)c(Cl)c2)C[C@H]1C. The van der Waals surface area contributed by atoms with Gasteiger partial charge in [0.1, 0.15) is 5.84 Å². The average molecular weight is 356 g/mol. The molecule has 4 nitrogen and oxygen atoms in total. The van der Waals surface area contributed by atoms with Crippen LogP contribution in [0.1, 0.15) is 40.0 Å². The summed E-state index contributed by atoms with van der Waals surface area (Å²) >= 11 is 12.0. The van der Waals surface area contributed by atoms with Crippen LogP contribution in [0.15, 0.2) is 23.3 Å². The van der Waals surface area contributed by atoms with Crippen LogP contribution in [0.5, 0.6) is 0 Å². The second-order valence-electron chi connectivity index (χ2n) is 6.40. The van der Waals surface area contributed by atoms with Gasteiger partial charge in [-0.2, -0.15) is 5.10 Å². The van der Waals surface area contributed by atoms with Gasteiger partial charge in [-0.05, 0) is 30.5 Å². The monoisotopic (exact) mass is 355 g/mol. The van der Waals surface area contributed by atoms with Crippen molar-refractivity contribution in [1.82, 2.24) is 5.32 Å². The first kappa shape index (κ1) is 18.1. The summed E-state index contributed by atoms with van der Waals surface area (Å²) in [6.07, 6.45) is 2.50. The molecule has 1 N–H and O–H groups in total. The van der Waals surface area contributed by atoms with Crippen LogP contribution >= 0.6 is 23.2 Å². The first-order valence-corrected chi connectivity index (χ1v) is 8.73. The summed E-state index contributed by atoms with van der Waals surface area (Å²) in [6.45, 7) is 7.08. The van der Waals surface area contributed by atoms with Crippen molar-refractivity contribution in [3.05, 3.63) is 28.2 Å². The third kappa shape index (κ3) is 5.11. The fourth-order valence-electron chi connectivity index (χ4n) is 2.45. The molecule has 0 aliphatic carbocycles. The number of carbonyl (C=O) groups is 1. The Morgan fingerprint density at radius 3 is 2.78 bits per heavy atom. The van der Waals surface area contributed by atoms with Crippen molar-refractivity contribution in [2.45, 2.75) is 40.0 Å². The predicted molar refractivity (Wildman–Crippen MR) is 97.2 cm³/mol. The first-order valence-electron chi connectivity index (χ1n) is 7.97. The number of carbonyl (C=O) groups excluding carboxylic acids is 1. The number of amidine groups is 1. The number of rotatable bonds is 5. The zero-order chi connectivity index (χ0) is 17.0. The molecule has 1 aromatic carbocycles. The Hall–Kier alpha value is -1.26. The van der Waals surface area contributed by atoms with Crippen molar-refractivity contribution in [3.8, 4) is 0 Å². The Labute approximate surface area is 147 Å². The maximum absolute atomic E-state index is 12.0. The smallest absolute Gasteiger partial charge is 0.225 e. The van der Waals surface area contributed by atoms with Crippen LogP contribution in [0.2, 0.25) is 10.0 Å². The normalized spacial score (nSPS) is 17.6. The van der Waals surface area contributed by atoms with Gasteiger partial charge in [0.05, 0.1) is 22.3 Å². The molecule has 0 saturated heterocycles. The number of benzene rings is 1. The quantitative estimate of drug-likeness (QED) is 0.831. The van der Waals surface area contributed by atoms with E-state index in [1.807, 2.05) is 18.0 Å². The van der Waals surface area contributed by atoms with Gasteiger partial charge in [-0.25, -0.2) is 0 Å². The molecule has 1 aliphatic heterocycles. The lowest BCUT2D eigenvalue weighted by Gasteiger charge is -2.14. The molecule has 0 bridgehead atoms. The highest BCUT2D eigenvalue weighted by atomic mass is 35.5. The first-order chi connectivity index (χ1) is 10.9. The van der Waals surface area contributed by atoms with Crippen molar-refractivity contribution < 1.29 is 4.79 Å². The zero-order valence-electron chi connectivity index (χ0n) is 13.8. The summed E-state index contributed by atoms with van der Waals surface area (Å²) in [4.78, 5) is 12.0. The third-order valence-electron chi connectivity index (χ3n) is 3.80. The molecule has 1 aliphatic rings. The van der Waals surface area contributed by atoms with E-state index < -0.39 is 0 Å². The minimum absolute atomic E-state index is 0.0345. The van der Waals surface area contributed by atoms with Crippen molar-refractivity contribution >= 4 is 40.6 Å². The third-order valence-corrected chi connectivity index (χ3v) is 4.54. The standard InChI is InChI=1S/C17H23Cl2N3O/c1-11(2)5-4-6-16(23)20-17-12(3)10-22(21-17)13-7-8-14(18)15(19)9-13/h7-9,11-12H,4-6,10H2,1-3H3,(H,20,21,23)/t12-/m1/s1. The summed E-state index contributed by atoms with van der Waals surface area (Å²) in [5.41, 5.74) is 0.871. The fraction of sp³-hybridized carbons (Fsp3) is 0.529. The number of nitrogens with one attached hydrogen (secondary N) is 1. The Morgan fingerprint density at radius 1 is 1.39 bits per heavy atom. The molecule has 1 aromatic rings. The molecule has 1 amide bonds. The molecule has 1 atom stereocenters. The van der Waals surface area contributed by atoms with Gasteiger partial charge in [0, 0.05) is 12.3 Å². The number of halogens is 2. The maximum Gasteiger partial charge on any atom is 0.225 e. The van der Waals surface area contributed by atoms with Gasteiger partial charge in [-0.15, -0.1) is 0 Å². The van der Waals surface area contributed by atoms with E-state index in [-0.39, 0.29) is 11.8 Å². The van der Waals surface area contributed by atoms with Crippen molar-refractivity contribution in [2.24, 2.45) is 16.9 Å². The van der Waals surface area contributed by atoms with Gasteiger partial charge >= 0.3 is 0 Å². The average Bonchev–Trinajstić information content (AvgIpc) is 2.82. The molecule has 0 radical (unpaired) electrons. The highest BCUT2D eigenvalue weighted by Crippen LogP contribution is 2.29. The molecule has 23 heavy (non-hydrogen) atoms. The van der Waals surface area contributed by atoms with E-state index in [9.17, 15) is 4.79 Å². The number of hydrogen-bond donors (Lipinski definition) is 1. The van der Waals surface area contributed by atoms with E-state index in [2.05, 4.69) is 24.3 Å². The van der Waals surface area contributed by atoms with Crippen molar-refractivity contribution in [1.29, 1.82) is 0 Å². The van der Waals surface area contributed by atoms with Crippen LogP contribution in [0.25, 0.3) is 0 Å². The molecular formula is C17H23Cl2N3O. The van der Waals surface area contributed by atoms with Gasteiger partial charge in [0.15, 0.2) is 0 Å². The van der Waals surface area contributed by atoms with Crippen LogP contribution in [0, 0.1) is 11.8 Å². The number of hydrazone groups is 1. The minimum Gasteiger partial charge on any atom is -0.312 e. The van der Waals surface area contributed by atoms with Crippen LogP contribution < -0.4 is 10.3 Å². The Bertz CT molecular complexity index is 602. The van der Waals surface area contributed by atoms with Gasteiger partial charge < -0.3 is 5.32 Å². The lowest BCUT2D eigenvalue weighted by Crippen LogP contribution is -2.33. The van der Waals surface area contributed by atoms with Gasteiger partial charge in [-0.1, -0.05) is 50.4 Å². The van der Waals surface area contributed by atoms with Gasteiger partial charge in [-0.3, -0.25) is 9.80 Å². The fourth-order valence-corrected chi connectivity index (χ4v) is 2.74. The van der Waals surface area contributed by atoms with E-state index in [1.165, 1.54) is 0 Å². The Balaban J connectivity index is 1.96. The lowest BCUT2D eigenvalue weighted by atomic mass is 10.1. The van der Waals surface area contributed by atoms with Crippen LogP contribution in [0.4, 0.5) is 5.69 Å². The van der Waals surface area contributed by atoms with Crippen molar-refractivity contribution in [3.63, 3.8) is 0 Å². The topological polar surface area (TPSA) is 44.7 Å². The summed E-state index contributed by atoms with van der Waals surface area (Å²) in [5, 5.41) is 10.3. The highest BCUT2D eigenvalue weighted by Gasteiger charge is 2.25. The molecule has 1 heterocycles. The molecule has 126 valence electrons.